The summed E-state index contributed by atoms with van der Waals surface area (Å²) in [6.07, 6.45) is -0.229. The summed E-state index contributed by atoms with van der Waals surface area (Å²) in [4.78, 5) is 40.3. The molecule has 0 spiro atoms. The van der Waals surface area contributed by atoms with Crippen LogP contribution in [0.1, 0.15) is 30.6 Å². The van der Waals surface area contributed by atoms with Gasteiger partial charge in [-0.15, -0.1) is 0 Å². The topological polar surface area (TPSA) is 151 Å². The minimum atomic E-state index is -1.16. The number of halogens is 1. The molecular formula is C22H26ClN3O7. The quantitative estimate of drug-likeness (QED) is 0.296. The number of carboxylic acids is 1. The summed E-state index contributed by atoms with van der Waals surface area (Å²) >= 11 is 5.97. The number of carbonyl (C=O) groups excluding carboxylic acids is 2. The summed E-state index contributed by atoms with van der Waals surface area (Å²) < 4.78 is 0. The van der Waals surface area contributed by atoms with E-state index in [0.717, 1.165) is 0 Å². The maximum absolute atomic E-state index is 12.6. The molecule has 5 atom stereocenters. The zero-order valence-corrected chi connectivity index (χ0v) is 18.9. The van der Waals surface area contributed by atoms with Gasteiger partial charge in [0.15, 0.2) is 11.5 Å². The van der Waals surface area contributed by atoms with E-state index in [4.69, 9.17) is 11.6 Å². The normalized spacial score (nSPS) is 28.0. The lowest BCUT2D eigenvalue weighted by atomic mass is 9.77. The van der Waals surface area contributed by atoms with Gasteiger partial charge >= 0.3 is 5.97 Å². The fourth-order valence-corrected chi connectivity index (χ4v) is 5.43. The Morgan fingerprint density at radius 2 is 2.00 bits per heavy atom. The third kappa shape index (κ3) is 3.81. The summed E-state index contributed by atoms with van der Waals surface area (Å²) in [7, 11) is 0. The number of carboxylic acid groups (broad SMARTS) is 1. The molecule has 33 heavy (non-hydrogen) atoms. The second-order valence-corrected chi connectivity index (χ2v) is 9.30. The number of amides is 2. The highest BCUT2D eigenvalue weighted by molar-refractivity contribution is 6.35. The van der Waals surface area contributed by atoms with Crippen LogP contribution in [-0.2, 0) is 9.59 Å². The lowest BCUT2D eigenvalue weighted by Gasteiger charge is -2.46. The van der Waals surface area contributed by atoms with Gasteiger partial charge < -0.3 is 30.6 Å². The van der Waals surface area contributed by atoms with E-state index in [0.29, 0.717) is 31.6 Å². The Hall–Kier alpha value is -2.82. The van der Waals surface area contributed by atoms with E-state index in [9.17, 15) is 34.8 Å². The first kappa shape index (κ1) is 23.3. The number of aliphatic hydroxyl groups excluding tert-OH is 1. The molecule has 3 aliphatic rings. The van der Waals surface area contributed by atoms with Gasteiger partial charge in [0.2, 0.25) is 5.91 Å². The molecule has 10 nitrogen and oxygen atoms in total. The Kier molecular flexibility index (Phi) is 6.02. The zero-order valence-electron chi connectivity index (χ0n) is 18.2. The van der Waals surface area contributed by atoms with Crippen molar-refractivity contribution in [2.45, 2.75) is 38.5 Å². The first-order valence-electron chi connectivity index (χ1n) is 10.7. The number of phenolic OH excluding ortho intramolecular Hbond substituents is 2. The Morgan fingerprint density at radius 3 is 2.64 bits per heavy atom. The van der Waals surface area contributed by atoms with E-state index in [1.807, 2.05) is 11.8 Å². The average molecular weight is 480 g/mol. The smallest absolute Gasteiger partial charge is 0.352 e. The predicted molar refractivity (Wildman–Crippen MR) is 117 cm³/mol. The Balaban J connectivity index is 1.44. The van der Waals surface area contributed by atoms with Gasteiger partial charge in [-0.25, -0.2) is 4.79 Å². The lowest BCUT2D eigenvalue weighted by molar-refractivity contribution is -0.163. The number of aromatic hydroxyl groups is 2. The van der Waals surface area contributed by atoms with E-state index < -0.39 is 35.4 Å². The summed E-state index contributed by atoms with van der Waals surface area (Å²) in [5, 5.41) is 41.6. The summed E-state index contributed by atoms with van der Waals surface area (Å²) in [6, 6.07) is 1.92. The van der Waals surface area contributed by atoms with Crippen molar-refractivity contribution in [3.8, 4) is 11.5 Å². The number of likely N-dealkylation sites (tertiary alicyclic amines) is 1. The van der Waals surface area contributed by atoms with Crippen LogP contribution in [0.25, 0.3) is 0 Å². The van der Waals surface area contributed by atoms with Crippen LogP contribution in [-0.4, -0.2) is 85.8 Å². The SMILES string of the molecule is C[C@@H](O)[C@H]1C(=O)N2C(C(=O)O)=C(CN3CC[C@H](NC(=O)c4ccc(O)c(O)c4Cl)C3)[C@H](C)[C@H]12. The van der Waals surface area contributed by atoms with Gasteiger partial charge in [-0.05, 0) is 31.1 Å². The van der Waals surface area contributed by atoms with Crippen molar-refractivity contribution in [1.82, 2.24) is 15.1 Å². The molecule has 0 aromatic heterocycles. The van der Waals surface area contributed by atoms with Crippen molar-refractivity contribution in [3.05, 3.63) is 34.0 Å². The average Bonchev–Trinajstić information content (AvgIpc) is 3.27. The van der Waals surface area contributed by atoms with Crippen LogP contribution in [0.3, 0.4) is 0 Å². The fourth-order valence-electron chi connectivity index (χ4n) is 5.18. The summed E-state index contributed by atoms with van der Waals surface area (Å²) in [5.74, 6) is -3.81. The Bertz CT molecular complexity index is 1060. The summed E-state index contributed by atoms with van der Waals surface area (Å²) in [5.41, 5.74) is 0.675. The van der Waals surface area contributed by atoms with Gasteiger partial charge in [-0.1, -0.05) is 18.5 Å². The number of nitrogens with zero attached hydrogens (tertiary/aromatic N) is 2. The molecule has 5 N–H and O–H groups in total. The number of carbonyl (C=O) groups is 3. The molecule has 178 valence electrons. The molecule has 4 rings (SSSR count). The molecule has 3 heterocycles. The molecule has 2 fully saturated rings. The van der Waals surface area contributed by atoms with Crippen molar-refractivity contribution < 1.29 is 34.8 Å². The molecule has 0 saturated carbocycles. The Labute approximate surface area is 195 Å². The van der Waals surface area contributed by atoms with Crippen LogP contribution in [0.2, 0.25) is 5.02 Å². The van der Waals surface area contributed by atoms with Crippen LogP contribution < -0.4 is 5.32 Å². The molecule has 0 unspecified atom stereocenters. The number of β-lactam (4-membered cyclic amide) rings is 1. The number of phenols is 2. The van der Waals surface area contributed by atoms with E-state index in [1.165, 1.54) is 17.0 Å². The van der Waals surface area contributed by atoms with E-state index in [2.05, 4.69) is 5.32 Å². The van der Waals surface area contributed by atoms with E-state index >= 15 is 0 Å². The second kappa shape index (κ2) is 8.51. The van der Waals surface area contributed by atoms with Crippen LogP contribution in [0.5, 0.6) is 11.5 Å². The molecule has 0 radical (unpaired) electrons. The lowest BCUT2D eigenvalue weighted by Crippen LogP contribution is -2.63. The minimum absolute atomic E-state index is 0.00626. The van der Waals surface area contributed by atoms with Gasteiger partial charge in [0.25, 0.3) is 5.91 Å². The first-order valence-corrected chi connectivity index (χ1v) is 11.1. The minimum Gasteiger partial charge on any atom is -0.504 e. The molecular weight excluding hydrogens is 454 g/mol. The van der Waals surface area contributed by atoms with Crippen LogP contribution in [0, 0.1) is 11.8 Å². The molecule has 2 saturated heterocycles. The van der Waals surface area contributed by atoms with Crippen molar-refractivity contribution in [3.63, 3.8) is 0 Å². The van der Waals surface area contributed by atoms with Crippen molar-refractivity contribution in [2.24, 2.45) is 11.8 Å². The van der Waals surface area contributed by atoms with E-state index in [1.54, 1.807) is 6.92 Å². The van der Waals surface area contributed by atoms with Crippen LogP contribution in [0.15, 0.2) is 23.4 Å². The van der Waals surface area contributed by atoms with Gasteiger partial charge in [-0.2, -0.15) is 0 Å². The molecule has 1 aromatic carbocycles. The molecule has 0 bridgehead atoms. The maximum Gasteiger partial charge on any atom is 0.352 e. The largest absolute Gasteiger partial charge is 0.504 e. The molecule has 2 amide bonds. The standard InChI is InChI=1S/C22H26ClN3O7/c1-9-13(18(22(32)33)26-17(9)15(10(2)27)21(26)31)8-25-6-5-11(7-25)24-20(30)12-3-4-14(28)19(29)16(12)23/h3-4,9-11,15,17,27-29H,5-8H2,1-2H3,(H,24,30)(H,32,33)/t9-,10+,11-,15+,17+/m0/s1. The second-order valence-electron chi connectivity index (χ2n) is 8.92. The molecule has 3 aliphatic heterocycles. The van der Waals surface area contributed by atoms with Gasteiger partial charge in [0.1, 0.15) is 5.70 Å². The fraction of sp³-hybridized carbons (Fsp3) is 0.500. The zero-order chi connectivity index (χ0) is 24.2. The number of aliphatic hydroxyl groups is 1. The number of hydrogen-bond acceptors (Lipinski definition) is 7. The molecule has 0 aliphatic carbocycles. The maximum atomic E-state index is 12.6. The third-order valence-electron chi connectivity index (χ3n) is 6.86. The van der Waals surface area contributed by atoms with Crippen LogP contribution in [0.4, 0.5) is 0 Å². The van der Waals surface area contributed by atoms with Crippen LogP contribution >= 0.6 is 11.6 Å². The number of fused-ring (bicyclic) bond motifs is 1. The number of aliphatic carboxylic acids is 1. The number of rotatable bonds is 6. The van der Waals surface area contributed by atoms with E-state index in [-0.39, 0.29) is 40.2 Å². The predicted octanol–water partition coefficient (Wildman–Crippen LogP) is 0.752. The number of benzene rings is 1. The number of hydrogen-bond donors (Lipinski definition) is 5. The summed E-state index contributed by atoms with van der Waals surface area (Å²) in [6.45, 7) is 4.83. The van der Waals surface area contributed by atoms with Gasteiger partial charge in [0.05, 0.1) is 28.6 Å². The van der Waals surface area contributed by atoms with Gasteiger partial charge in [0, 0.05) is 31.6 Å². The number of nitrogens with one attached hydrogen (secondary N) is 1. The molecule has 11 heteroatoms. The van der Waals surface area contributed by atoms with Crippen molar-refractivity contribution in [1.29, 1.82) is 0 Å². The van der Waals surface area contributed by atoms with Gasteiger partial charge in [-0.3, -0.25) is 14.5 Å². The monoisotopic (exact) mass is 479 g/mol. The highest BCUT2D eigenvalue weighted by Gasteiger charge is 2.59. The highest BCUT2D eigenvalue weighted by atomic mass is 35.5. The molecule has 1 aromatic rings. The Morgan fingerprint density at radius 1 is 1.30 bits per heavy atom. The highest BCUT2D eigenvalue weighted by Crippen LogP contribution is 2.47. The van der Waals surface area contributed by atoms with Crippen molar-refractivity contribution >= 4 is 29.4 Å². The first-order chi connectivity index (χ1) is 15.5. The van der Waals surface area contributed by atoms with Crippen molar-refractivity contribution in [2.75, 3.05) is 19.6 Å². The third-order valence-corrected chi connectivity index (χ3v) is 7.24.